The number of hydrogen-bond donors (Lipinski definition) is 2. The lowest BCUT2D eigenvalue weighted by Gasteiger charge is -2.12. The van der Waals surface area contributed by atoms with E-state index in [-0.39, 0.29) is 5.91 Å². The van der Waals surface area contributed by atoms with Crippen molar-refractivity contribution >= 4 is 29.0 Å². The molecule has 2 aromatic rings. The number of halogens is 1. The van der Waals surface area contributed by atoms with Crippen LogP contribution in [0.4, 0.5) is 11.5 Å². The van der Waals surface area contributed by atoms with Crippen LogP contribution >= 0.6 is 11.6 Å². The predicted octanol–water partition coefficient (Wildman–Crippen LogP) is 3.63. The van der Waals surface area contributed by atoms with Gasteiger partial charge in [-0.15, -0.1) is 0 Å². The summed E-state index contributed by atoms with van der Waals surface area (Å²) in [6.45, 7) is 6.57. The van der Waals surface area contributed by atoms with Gasteiger partial charge in [-0.2, -0.15) is 0 Å². The van der Waals surface area contributed by atoms with Gasteiger partial charge < -0.3 is 10.6 Å². The van der Waals surface area contributed by atoms with Crippen molar-refractivity contribution in [3.05, 3.63) is 46.4 Å². The van der Waals surface area contributed by atoms with Crippen molar-refractivity contribution in [3.63, 3.8) is 0 Å². The molecule has 2 N–H and O–H groups in total. The van der Waals surface area contributed by atoms with Gasteiger partial charge >= 0.3 is 0 Å². The molecule has 0 bridgehead atoms. The van der Waals surface area contributed by atoms with Crippen LogP contribution in [-0.4, -0.2) is 22.4 Å². The van der Waals surface area contributed by atoms with Gasteiger partial charge in [0.2, 0.25) is 0 Å². The zero-order valence-corrected chi connectivity index (χ0v) is 13.7. The number of aryl methyl sites for hydroxylation is 2. The molecule has 0 spiro atoms. The van der Waals surface area contributed by atoms with Crippen LogP contribution in [0.3, 0.4) is 0 Å². The lowest BCUT2D eigenvalue weighted by atomic mass is 10.1. The van der Waals surface area contributed by atoms with E-state index in [1.54, 1.807) is 6.07 Å². The number of anilines is 2. The quantitative estimate of drug-likeness (QED) is 0.883. The molecule has 1 aromatic carbocycles. The second-order valence-electron chi connectivity index (χ2n) is 5.11. The third-order valence-corrected chi connectivity index (χ3v) is 3.42. The minimum absolute atomic E-state index is 0.209. The summed E-state index contributed by atoms with van der Waals surface area (Å²) in [5.41, 5.74) is 3.22. The summed E-state index contributed by atoms with van der Waals surface area (Å²) in [4.78, 5) is 20.1. The summed E-state index contributed by atoms with van der Waals surface area (Å²) in [6.07, 6.45) is 2.24. The minimum atomic E-state index is -0.209. The second-order valence-corrected chi connectivity index (χ2v) is 5.52. The average Bonchev–Trinajstić information content (AvgIpc) is 2.48. The first-order chi connectivity index (χ1) is 10.5. The molecule has 1 aromatic heterocycles. The van der Waals surface area contributed by atoms with Crippen LogP contribution in [0.1, 0.15) is 35.0 Å². The number of hydrogen-bond acceptors (Lipinski definition) is 4. The van der Waals surface area contributed by atoms with E-state index in [1.807, 2.05) is 32.9 Å². The van der Waals surface area contributed by atoms with Gasteiger partial charge in [0.25, 0.3) is 5.91 Å². The zero-order chi connectivity index (χ0) is 16.1. The molecule has 116 valence electrons. The van der Waals surface area contributed by atoms with Crippen LogP contribution in [0.15, 0.2) is 24.5 Å². The third kappa shape index (κ3) is 3.95. The van der Waals surface area contributed by atoms with Crippen molar-refractivity contribution < 1.29 is 4.79 Å². The van der Waals surface area contributed by atoms with E-state index in [9.17, 15) is 4.79 Å². The molecule has 5 nitrogen and oxygen atoms in total. The molecule has 0 aliphatic rings. The molecular weight excluding hydrogens is 300 g/mol. The third-order valence-electron chi connectivity index (χ3n) is 3.12. The molecule has 0 radical (unpaired) electrons. The highest BCUT2D eigenvalue weighted by atomic mass is 35.5. The van der Waals surface area contributed by atoms with E-state index in [2.05, 4.69) is 20.6 Å². The summed E-state index contributed by atoms with van der Waals surface area (Å²) >= 11 is 6.27. The summed E-state index contributed by atoms with van der Waals surface area (Å²) in [5.74, 6) is 0.324. The highest BCUT2D eigenvalue weighted by Gasteiger charge is 2.10. The number of nitrogens with zero attached hydrogens (tertiary/aromatic N) is 2. The smallest absolute Gasteiger partial charge is 0.270 e. The van der Waals surface area contributed by atoms with Crippen molar-refractivity contribution in [2.24, 2.45) is 0 Å². The largest absolute Gasteiger partial charge is 0.351 e. The zero-order valence-electron chi connectivity index (χ0n) is 12.9. The average molecular weight is 319 g/mol. The Morgan fingerprint density at radius 3 is 2.68 bits per heavy atom. The number of amides is 1. The Kier molecular flexibility index (Phi) is 5.33. The first-order valence-corrected chi connectivity index (χ1v) is 7.53. The Balaban J connectivity index is 2.22. The maximum Gasteiger partial charge on any atom is 0.270 e. The van der Waals surface area contributed by atoms with Crippen LogP contribution in [-0.2, 0) is 0 Å². The molecule has 0 saturated carbocycles. The van der Waals surface area contributed by atoms with E-state index >= 15 is 0 Å². The van der Waals surface area contributed by atoms with Gasteiger partial charge in [0.1, 0.15) is 17.8 Å². The molecule has 0 atom stereocenters. The van der Waals surface area contributed by atoms with E-state index in [0.29, 0.717) is 23.1 Å². The minimum Gasteiger partial charge on any atom is -0.351 e. The van der Waals surface area contributed by atoms with Gasteiger partial charge in [0.05, 0.1) is 10.7 Å². The normalized spacial score (nSPS) is 10.4. The number of rotatable bonds is 5. The molecule has 0 aliphatic carbocycles. The second kappa shape index (κ2) is 7.22. The molecule has 1 heterocycles. The van der Waals surface area contributed by atoms with Gasteiger partial charge in [-0.1, -0.05) is 24.6 Å². The van der Waals surface area contributed by atoms with Crippen LogP contribution < -0.4 is 10.6 Å². The van der Waals surface area contributed by atoms with Gasteiger partial charge in [-0.05, 0) is 37.5 Å². The van der Waals surface area contributed by atoms with E-state index in [0.717, 1.165) is 23.2 Å². The first kappa shape index (κ1) is 16.2. The monoisotopic (exact) mass is 318 g/mol. The summed E-state index contributed by atoms with van der Waals surface area (Å²) in [7, 11) is 0. The topological polar surface area (TPSA) is 66.9 Å². The van der Waals surface area contributed by atoms with Crippen molar-refractivity contribution in [2.75, 3.05) is 11.9 Å². The summed E-state index contributed by atoms with van der Waals surface area (Å²) < 4.78 is 0. The Morgan fingerprint density at radius 2 is 2.00 bits per heavy atom. The Hall–Kier alpha value is -2.14. The summed E-state index contributed by atoms with van der Waals surface area (Å²) in [5, 5.41) is 6.56. The SMILES string of the molecule is CCCNC(=O)c1cc(Nc2c(C)cc(C)cc2Cl)ncn1. The van der Waals surface area contributed by atoms with E-state index in [1.165, 1.54) is 6.33 Å². The number of aromatic nitrogens is 2. The van der Waals surface area contributed by atoms with Gasteiger partial charge in [-0.25, -0.2) is 9.97 Å². The van der Waals surface area contributed by atoms with Crippen LogP contribution in [0.25, 0.3) is 0 Å². The first-order valence-electron chi connectivity index (χ1n) is 7.15. The Bertz CT molecular complexity index is 665. The molecule has 0 fully saturated rings. The van der Waals surface area contributed by atoms with Crippen molar-refractivity contribution in [1.29, 1.82) is 0 Å². The van der Waals surface area contributed by atoms with E-state index in [4.69, 9.17) is 11.6 Å². The maximum absolute atomic E-state index is 11.9. The van der Waals surface area contributed by atoms with Gasteiger partial charge in [0.15, 0.2) is 0 Å². The molecule has 0 saturated heterocycles. The molecule has 1 amide bonds. The highest BCUT2D eigenvalue weighted by Crippen LogP contribution is 2.29. The summed E-state index contributed by atoms with van der Waals surface area (Å²) in [6, 6.07) is 5.53. The maximum atomic E-state index is 11.9. The number of carbonyl (C=O) groups is 1. The fourth-order valence-corrected chi connectivity index (χ4v) is 2.45. The van der Waals surface area contributed by atoms with Crippen molar-refractivity contribution in [3.8, 4) is 0 Å². The lowest BCUT2D eigenvalue weighted by Crippen LogP contribution is -2.25. The molecule has 6 heteroatoms. The van der Waals surface area contributed by atoms with Crippen LogP contribution in [0.5, 0.6) is 0 Å². The standard InChI is InChI=1S/C16H19ClN4O/c1-4-5-18-16(22)13-8-14(20-9-19-13)21-15-11(3)6-10(2)7-12(15)17/h6-9H,4-5H2,1-3H3,(H,18,22)(H,19,20,21). The van der Waals surface area contributed by atoms with Gasteiger partial charge in [0, 0.05) is 12.6 Å². The number of benzene rings is 1. The fourth-order valence-electron chi connectivity index (χ4n) is 2.08. The predicted molar refractivity (Wildman–Crippen MR) is 88.9 cm³/mol. The van der Waals surface area contributed by atoms with Crippen LogP contribution in [0, 0.1) is 13.8 Å². The molecular formula is C16H19ClN4O. The number of carbonyl (C=O) groups excluding carboxylic acids is 1. The van der Waals surface area contributed by atoms with Gasteiger partial charge in [-0.3, -0.25) is 4.79 Å². The number of nitrogens with one attached hydrogen (secondary N) is 2. The molecule has 2 rings (SSSR count). The van der Waals surface area contributed by atoms with Crippen molar-refractivity contribution in [1.82, 2.24) is 15.3 Å². The van der Waals surface area contributed by atoms with Crippen molar-refractivity contribution in [2.45, 2.75) is 27.2 Å². The molecule has 22 heavy (non-hydrogen) atoms. The Morgan fingerprint density at radius 1 is 1.23 bits per heavy atom. The molecule has 0 unspecified atom stereocenters. The fraction of sp³-hybridized carbons (Fsp3) is 0.312. The Labute approximate surface area is 135 Å². The van der Waals surface area contributed by atoms with E-state index < -0.39 is 0 Å². The highest BCUT2D eigenvalue weighted by molar-refractivity contribution is 6.33. The van der Waals surface area contributed by atoms with Crippen LogP contribution in [0.2, 0.25) is 5.02 Å². The lowest BCUT2D eigenvalue weighted by molar-refractivity contribution is 0.0948. The molecule has 0 aliphatic heterocycles.